The van der Waals surface area contributed by atoms with Crippen molar-refractivity contribution in [1.29, 1.82) is 0 Å². The second kappa shape index (κ2) is 12.9. The first-order chi connectivity index (χ1) is 29.7. The summed E-state index contributed by atoms with van der Waals surface area (Å²) in [7, 11) is 0. The zero-order valence-corrected chi connectivity index (χ0v) is 39.7. The first-order valence-electron chi connectivity index (χ1n) is 23.2. The second-order valence-electron chi connectivity index (χ2n) is 23.1. The highest BCUT2D eigenvalue weighted by Gasteiger charge is 2.47. The van der Waals surface area contributed by atoms with Gasteiger partial charge in [0.1, 0.15) is 0 Å². The molecule has 63 heavy (non-hydrogen) atoms. The minimum Gasteiger partial charge on any atom is -0.311 e. The lowest BCUT2D eigenvalue weighted by Gasteiger charge is -2.46. The Balaban J connectivity index is 1.25. The molecule has 11 rings (SSSR count). The average molecular weight is 821 g/mol. The van der Waals surface area contributed by atoms with Crippen molar-refractivity contribution in [2.24, 2.45) is 0 Å². The molecule has 0 amide bonds. The molecule has 0 N–H and O–H groups in total. The lowest BCUT2D eigenvalue weighted by molar-refractivity contribution is 0.589. The maximum absolute atomic E-state index is 2.64. The van der Waals surface area contributed by atoms with E-state index in [-0.39, 0.29) is 33.8 Å². The van der Waals surface area contributed by atoms with Crippen LogP contribution in [0.1, 0.15) is 129 Å². The fourth-order valence-electron chi connectivity index (χ4n) is 11.6. The molecule has 0 unspecified atom stereocenters. The molecular weight excluding hydrogens is 759 g/mol. The van der Waals surface area contributed by atoms with Crippen molar-refractivity contribution in [3.05, 3.63) is 172 Å². The zero-order chi connectivity index (χ0) is 44.3. The van der Waals surface area contributed by atoms with Crippen LogP contribution in [-0.4, -0.2) is 6.71 Å². The Morgan fingerprint density at radius 2 is 0.825 bits per heavy atom. The molecule has 2 aliphatic carbocycles. The van der Waals surface area contributed by atoms with Gasteiger partial charge in [-0.05, 0) is 142 Å². The summed E-state index contributed by atoms with van der Waals surface area (Å²) in [5.74, 6) is 0. The standard InChI is InChI=1S/C60H61BN2/c1-56(2,3)36-22-25-39(26-23-36)62-52-35-48-44(42-19-15-17-21-46(42)60(48,12)13)34-50(52)61-49-29-24-37(57(4,5)6)30-51(49)63(54-32-38(58(7,8)9)31-53(62)55(54)61)40-27-28-43-41-18-14-16-20-45(41)59(10,11)47(43)33-40/h14-35H,1-13H3. The number of benzene rings is 7. The molecule has 2 aliphatic heterocycles. The largest absolute Gasteiger partial charge is 0.311 e. The lowest BCUT2D eigenvalue weighted by Crippen LogP contribution is -2.61. The van der Waals surface area contributed by atoms with E-state index < -0.39 is 0 Å². The Bertz CT molecular complexity index is 3070. The van der Waals surface area contributed by atoms with Gasteiger partial charge in [0.05, 0.1) is 0 Å². The topological polar surface area (TPSA) is 6.48 Å². The fourth-order valence-corrected chi connectivity index (χ4v) is 11.6. The number of hydrogen-bond acceptors (Lipinski definition) is 2. The van der Waals surface area contributed by atoms with Gasteiger partial charge < -0.3 is 9.80 Å². The number of rotatable bonds is 2. The molecule has 7 aromatic rings. The van der Waals surface area contributed by atoms with Gasteiger partial charge in [-0.25, -0.2) is 0 Å². The lowest BCUT2D eigenvalue weighted by atomic mass is 9.33. The second-order valence-corrected chi connectivity index (χ2v) is 23.1. The van der Waals surface area contributed by atoms with Gasteiger partial charge in [0.25, 0.3) is 6.71 Å². The predicted molar refractivity (Wildman–Crippen MR) is 272 cm³/mol. The Hall–Kier alpha value is -5.80. The van der Waals surface area contributed by atoms with Crippen molar-refractivity contribution in [2.75, 3.05) is 9.80 Å². The molecule has 0 bridgehead atoms. The summed E-state index contributed by atoms with van der Waals surface area (Å²) in [6.45, 7) is 30.8. The summed E-state index contributed by atoms with van der Waals surface area (Å²) in [6.07, 6.45) is 0. The third-order valence-electron chi connectivity index (χ3n) is 15.3. The van der Waals surface area contributed by atoms with Gasteiger partial charge in [0.2, 0.25) is 0 Å². The third kappa shape index (κ3) is 5.70. The summed E-state index contributed by atoms with van der Waals surface area (Å²) < 4.78 is 0. The monoisotopic (exact) mass is 820 g/mol. The molecule has 314 valence electrons. The molecule has 0 atom stereocenters. The SMILES string of the molecule is CC(C)(C)c1ccc(N2c3cc4c(cc3B3c5ccc(C(C)(C)C)cc5N(c5ccc6c(c5)C(C)(C)c5ccccc5-6)c5cc(C(C)(C)C)cc2c53)-c2ccccc2C4(C)C)cc1. The van der Waals surface area contributed by atoms with E-state index in [1.54, 1.807) is 0 Å². The summed E-state index contributed by atoms with van der Waals surface area (Å²) in [5.41, 5.74) is 26.3. The average Bonchev–Trinajstić information content (AvgIpc) is 3.60. The van der Waals surface area contributed by atoms with Gasteiger partial charge in [0.15, 0.2) is 0 Å². The number of nitrogens with zero attached hydrogens (tertiary/aromatic N) is 2. The molecule has 2 nitrogen and oxygen atoms in total. The highest BCUT2D eigenvalue weighted by molar-refractivity contribution is 7.00. The highest BCUT2D eigenvalue weighted by atomic mass is 15.2. The molecule has 4 aliphatic rings. The van der Waals surface area contributed by atoms with E-state index in [1.807, 2.05) is 0 Å². The van der Waals surface area contributed by atoms with Gasteiger partial charge in [-0.2, -0.15) is 0 Å². The molecule has 0 saturated heterocycles. The predicted octanol–water partition coefficient (Wildman–Crippen LogP) is 14.3. The van der Waals surface area contributed by atoms with Crippen LogP contribution in [0.15, 0.2) is 133 Å². The number of fused-ring (bicyclic) bond motifs is 10. The van der Waals surface area contributed by atoms with E-state index in [2.05, 4.69) is 233 Å². The number of hydrogen-bond donors (Lipinski definition) is 0. The van der Waals surface area contributed by atoms with Crippen LogP contribution in [0, 0.1) is 0 Å². The van der Waals surface area contributed by atoms with Crippen molar-refractivity contribution in [3.63, 3.8) is 0 Å². The third-order valence-corrected chi connectivity index (χ3v) is 15.3. The van der Waals surface area contributed by atoms with Crippen LogP contribution in [-0.2, 0) is 27.1 Å². The first kappa shape index (κ1) is 40.0. The summed E-state index contributed by atoms with van der Waals surface area (Å²) in [6, 6.07) is 52.6. The molecule has 7 aromatic carbocycles. The van der Waals surface area contributed by atoms with Crippen LogP contribution in [0.4, 0.5) is 34.1 Å². The summed E-state index contributed by atoms with van der Waals surface area (Å²) in [4.78, 5) is 5.27. The molecule has 2 heterocycles. The Kier molecular flexibility index (Phi) is 8.20. The van der Waals surface area contributed by atoms with Gasteiger partial charge in [0, 0.05) is 45.0 Å². The van der Waals surface area contributed by atoms with Gasteiger partial charge in [-0.3, -0.25) is 0 Å². The quantitative estimate of drug-likeness (QED) is 0.160. The smallest absolute Gasteiger partial charge is 0.252 e. The normalized spacial score (nSPS) is 16.2. The van der Waals surface area contributed by atoms with Crippen LogP contribution < -0.4 is 26.2 Å². The minimum absolute atomic E-state index is 0.0284. The van der Waals surface area contributed by atoms with Crippen LogP contribution in [0.25, 0.3) is 22.3 Å². The van der Waals surface area contributed by atoms with Crippen LogP contribution in [0.3, 0.4) is 0 Å². The van der Waals surface area contributed by atoms with E-state index in [9.17, 15) is 0 Å². The molecule has 0 saturated carbocycles. The molecule has 0 radical (unpaired) electrons. The maximum Gasteiger partial charge on any atom is 0.252 e. The van der Waals surface area contributed by atoms with E-state index in [4.69, 9.17) is 0 Å². The Morgan fingerprint density at radius 1 is 0.365 bits per heavy atom. The van der Waals surface area contributed by atoms with Crippen molar-refractivity contribution in [3.8, 4) is 22.3 Å². The van der Waals surface area contributed by atoms with E-state index in [0.717, 1.165) is 0 Å². The van der Waals surface area contributed by atoms with Crippen molar-refractivity contribution in [1.82, 2.24) is 0 Å². The van der Waals surface area contributed by atoms with Crippen molar-refractivity contribution in [2.45, 2.75) is 117 Å². The minimum atomic E-state index is -0.134. The number of anilines is 6. The van der Waals surface area contributed by atoms with E-state index in [0.29, 0.717) is 0 Å². The van der Waals surface area contributed by atoms with E-state index in [1.165, 1.54) is 112 Å². The van der Waals surface area contributed by atoms with Crippen LogP contribution in [0.5, 0.6) is 0 Å². The first-order valence-corrected chi connectivity index (χ1v) is 23.2. The van der Waals surface area contributed by atoms with E-state index >= 15 is 0 Å². The molecule has 0 aromatic heterocycles. The molecule has 0 fully saturated rings. The molecule has 0 spiro atoms. The summed E-state index contributed by atoms with van der Waals surface area (Å²) in [5, 5.41) is 0. The van der Waals surface area contributed by atoms with Crippen LogP contribution >= 0.6 is 0 Å². The molecular formula is C60H61BN2. The van der Waals surface area contributed by atoms with Crippen molar-refractivity contribution < 1.29 is 0 Å². The summed E-state index contributed by atoms with van der Waals surface area (Å²) >= 11 is 0. The highest BCUT2D eigenvalue weighted by Crippen LogP contribution is 2.54. The Morgan fingerprint density at radius 3 is 1.41 bits per heavy atom. The molecule has 3 heteroatoms. The van der Waals surface area contributed by atoms with Crippen LogP contribution in [0.2, 0.25) is 0 Å². The van der Waals surface area contributed by atoms with Crippen molar-refractivity contribution >= 4 is 57.2 Å². The van der Waals surface area contributed by atoms with Gasteiger partial charge >= 0.3 is 0 Å². The van der Waals surface area contributed by atoms with Gasteiger partial charge in [-0.15, -0.1) is 0 Å². The fraction of sp³-hybridized carbons (Fsp3) is 0.300. The van der Waals surface area contributed by atoms with Gasteiger partial charge in [-0.1, -0.05) is 175 Å². The zero-order valence-electron chi connectivity index (χ0n) is 39.7. The maximum atomic E-state index is 2.64. The Labute approximate surface area is 377 Å².